The molecule has 1 rings (SSSR count). The number of aliphatic hydroxyl groups excluding tert-OH is 4. The molecule has 1 heterocycles. The second-order valence-electron chi connectivity index (χ2n) is 4.75. The number of nitrogens with zero attached hydrogens (tertiary/aromatic N) is 3. The zero-order chi connectivity index (χ0) is 17.1. The zero-order valence-corrected chi connectivity index (χ0v) is 12.6. The first-order valence-electron chi connectivity index (χ1n) is 7.20. The van der Waals surface area contributed by atoms with E-state index in [-0.39, 0.29) is 19.8 Å². The first kappa shape index (κ1) is 20.0. The highest BCUT2D eigenvalue weighted by Gasteiger charge is 2.43. The molecule has 4 N–H and O–H groups in total. The van der Waals surface area contributed by atoms with Crippen LogP contribution in [0, 0.1) is 0 Å². The maximum atomic E-state index is 9.73. The van der Waals surface area contributed by atoms with E-state index in [1.165, 1.54) is 0 Å². The summed E-state index contributed by atoms with van der Waals surface area (Å²) in [5.41, 5.74) is 8.05. The molecule has 0 aliphatic carbocycles. The molecule has 23 heavy (non-hydrogen) atoms. The molecule has 0 bridgehead atoms. The summed E-state index contributed by atoms with van der Waals surface area (Å²) < 4.78 is 20.7. The van der Waals surface area contributed by atoms with E-state index in [1.807, 2.05) is 0 Å². The van der Waals surface area contributed by atoms with Gasteiger partial charge in [0.25, 0.3) is 0 Å². The van der Waals surface area contributed by atoms with Gasteiger partial charge in [-0.15, -0.1) is 0 Å². The molecule has 1 fully saturated rings. The van der Waals surface area contributed by atoms with Crippen molar-refractivity contribution in [3.63, 3.8) is 0 Å². The summed E-state index contributed by atoms with van der Waals surface area (Å²) in [6.07, 6.45) is -6.44. The van der Waals surface area contributed by atoms with Crippen molar-refractivity contribution in [2.75, 3.05) is 46.2 Å². The van der Waals surface area contributed by atoms with E-state index < -0.39 is 37.3 Å². The molecular formula is C12H23N3O8. The average Bonchev–Trinajstić information content (AvgIpc) is 2.56. The standard InChI is InChI=1S/C12H23N3O8/c13-15-14-1-2-20-3-4-21-5-6-22-12-11(19)10(18)9(17)8(7-16)23-12/h8-12,16-19H,1-7H2/t8-,9+,10+,11+,12-/m1/s1. The van der Waals surface area contributed by atoms with Crippen LogP contribution in [0.25, 0.3) is 10.4 Å². The monoisotopic (exact) mass is 337 g/mol. The lowest BCUT2D eigenvalue weighted by molar-refractivity contribution is -0.302. The van der Waals surface area contributed by atoms with E-state index in [1.54, 1.807) is 0 Å². The molecule has 1 aliphatic rings. The van der Waals surface area contributed by atoms with Crippen LogP contribution in [-0.2, 0) is 18.9 Å². The summed E-state index contributed by atoms with van der Waals surface area (Å²) in [4.78, 5) is 2.58. The highest BCUT2D eigenvalue weighted by molar-refractivity contribution is 4.88. The van der Waals surface area contributed by atoms with Crippen LogP contribution in [0.4, 0.5) is 0 Å². The van der Waals surface area contributed by atoms with Crippen LogP contribution in [-0.4, -0.2) is 97.3 Å². The van der Waals surface area contributed by atoms with Gasteiger partial charge in [-0.25, -0.2) is 0 Å². The van der Waals surface area contributed by atoms with Crippen LogP contribution in [0.1, 0.15) is 0 Å². The molecule has 0 unspecified atom stereocenters. The summed E-state index contributed by atoms with van der Waals surface area (Å²) >= 11 is 0. The van der Waals surface area contributed by atoms with E-state index in [4.69, 9.17) is 29.6 Å². The fourth-order valence-electron chi connectivity index (χ4n) is 1.90. The largest absolute Gasteiger partial charge is 0.394 e. The second-order valence-corrected chi connectivity index (χ2v) is 4.75. The molecule has 11 nitrogen and oxygen atoms in total. The van der Waals surface area contributed by atoms with Gasteiger partial charge in [0.05, 0.1) is 39.6 Å². The third kappa shape index (κ3) is 6.96. The molecule has 1 saturated heterocycles. The topological polar surface area (TPSA) is 167 Å². The molecule has 0 saturated carbocycles. The number of hydrogen-bond acceptors (Lipinski definition) is 9. The van der Waals surface area contributed by atoms with Crippen molar-refractivity contribution in [2.45, 2.75) is 30.7 Å². The predicted molar refractivity (Wildman–Crippen MR) is 75.4 cm³/mol. The van der Waals surface area contributed by atoms with Crippen LogP contribution >= 0.6 is 0 Å². The molecule has 5 atom stereocenters. The smallest absolute Gasteiger partial charge is 0.186 e. The average molecular weight is 337 g/mol. The van der Waals surface area contributed by atoms with Crippen LogP contribution in [0.2, 0.25) is 0 Å². The van der Waals surface area contributed by atoms with Crippen molar-refractivity contribution < 1.29 is 39.4 Å². The number of rotatable bonds is 11. The molecule has 0 aromatic carbocycles. The van der Waals surface area contributed by atoms with Crippen molar-refractivity contribution >= 4 is 0 Å². The van der Waals surface area contributed by atoms with Gasteiger partial charge in [-0.1, -0.05) is 5.11 Å². The van der Waals surface area contributed by atoms with Gasteiger partial charge in [-0.05, 0) is 5.53 Å². The third-order valence-electron chi connectivity index (χ3n) is 3.13. The summed E-state index contributed by atoms with van der Waals surface area (Å²) in [7, 11) is 0. The van der Waals surface area contributed by atoms with Gasteiger partial charge < -0.3 is 39.4 Å². The lowest BCUT2D eigenvalue weighted by atomic mass is 9.99. The van der Waals surface area contributed by atoms with Crippen molar-refractivity contribution in [1.29, 1.82) is 0 Å². The fraction of sp³-hybridized carbons (Fsp3) is 1.00. The lowest BCUT2D eigenvalue weighted by Gasteiger charge is -2.39. The molecule has 1 aliphatic heterocycles. The Balaban J connectivity index is 2.09. The van der Waals surface area contributed by atoms with Crippen LogP contribution < -0.4 is 0 Å². The molecular weight excluding hydrogens is 314 g/mol. The van der Waals surface area contributed by atoms with Crippen LogP contribution in [0.3, 0.4) is 0 Å². The minimum absolute atomic E-state index is 0.0847. The molecule has 0 amide bonds. The second kappa shape index (κ2) is 11.5. The Hall–Kier alpha value is -1.01. The summed E-state index contributed by atoms with van der Waals surface area (Å²) in [5.74, 6) is 0. The Bertz CT molecular complexity index is 366. The third-order valence-corrected chi connectivity index (χ3v) is 3.13. The van der Waals surface area contributed by atoms with E-state index >= 15 is 0 Å². The Kier molecular flexibility index (Phi) is 10.0. The Morgan fingerprint density at radius 2 is 1.61 bits per heavy atom. The maximum absolute atomic E-state index is 9.73. The fourth-order valence-corrected chi connectivity index (χ4v) is 1.90. The van der Waals surface area contributed by atoms with Gasteiger partial charge in [0.15, 0.2) is 6.29 Å². The van der Waals surface area contributed by atoms with Crippen molar-refractivity contribution in [1.82, 2.24) is 0 Å². The molecule has 0 radical (unpaired) electrons. The Morgan fingerprint density at radius 3 is 2.26 bits per heavy atom. The minimum Gasteiger partial charge on any atom is -0.394 e. The van der Waals surface area contributed by atoms with Crippen LogP contribution in [0.15, 0.2) is 5.11 Å². The van der Waals surface area contributed by atoms with Gasteiger partial charge in [0.1, 0.15) is 24.4 Å². The quantitative estimate of drug-likeness (QED) is 0.147. The van der Waals surface area contributed by atoms with Crippen molar-refractivity contribution in [2.24, 2.45) is 5.11 Å². The zero-order valence-electron chi connectivity index (χ0n) is 12.6. The number of ether oxygens (including phenoxy) is 4. The van der Waals surface area contributed by atoms with Crippen molar-refractivity contribution in [3.05, 3.63) is 10.4 Å². The highest BCUT2D eigenvalue weighted by Crippen LogP contribution is 2.21. The molecule has 134 valence electrons. The van der Waals surface area contributed by atoms with E-state index in [2.05, 4.69) is 10.0 Å². The van der Waals surface area contributed by atoms with Gasteiger partial charge in [0, 0.05) is 11.5 Å². The summed E-state index contributed by atoms with van der Waals surface area (Å²) in [6.45, 7) is 1.01. The Morgan fingerprint density at radius 1 is 0.957 bits per heavy atom. The van der Waals surface area contributed by atoms with Gasteiger partial charge in [-0.3, -0.25) is 0 Å². The predicted octanol–water partition coefficient (Wildman–Crippen LogP) is -1.85. The summed E-state index contributed by atoms with van der Waals surface area (Å²) in [6, 6.07) is 0. The number of hydrogen-bond donors (Lipinski definition) is 4. The first-order chi connectivity index (χ1) is 11.1. The minimum atomic E-state index is -1.46. The number of aliphatic hydroxyl groups is 4. The maximum Gasteiger partial charge on any atom is 0.186 e. The van der Waals surface area contributed by atoms with Gasteiger partial charge in [0.2, 0.25) is 0 Å². The lowest BCUT2D eigenvalue weighted by Crippen LogP contribution is -2.59. The van der Waals surface area contributed by atoms with E-state index in [0.717, 1.165) is 0 Å². The van der Waals surface area contributed by atoms with E-state index in [0.29, 0.717) is 19.8 Å². The number of azide groups is 1. The highest BCUT2D eigenvalue weighted by atomic mass is 16.7. The SMILES string of the molecule is [N-]=[N+]=NCCOCCOCCO[C@@H]1O[C@H](CO)[C@H](O)[C@H](O)[C@@H]1O. The molecule has 11 heteroatoms. The van der Waals surface area contributed by atoms with Gasteiger partial charge in [-0.2, -0.15) is 0 Å². The van der Waals surface area contributed by atoms with Crippen molar-refractivity contribution in [3.8, 4) is 0 Å². The summed E-state index contributed by atoms with van der Waals surface area (Å²) in [5, 5.41) is 41.2. The normalized spacial score (nSPS) is 30.9. The van der Waals surface area contributed by atoms with E-state index in [9.17, 15) is 15.3 Å². The molecule has 0 aromatic rings. The van der Waals surface area contributed by atoms with Crippen LogP contribution in [0.5, 0.6) is 0 Å². The molecule has 0 spiro atoms. The first-order valence-corrected chi connectivity index (χ1v) is 7.20. The van der Waals surface area contributed by atoms with Gasteiger partial charge >= 0.3 is 0 Å². The Labute approximate surface area is 133 Å². The molecule has 0 aromatic heterocycles.